The fourth-order valence-corrected chi connectivity index (χ4v) is 3.61. The van der Waals surface area contributed by atoms with E-state index < -0.39 is 5.91 Å². The molecule has 6 heteroatoms. The maximum atomic E-state index is 12.6. The molecule has 0 aliphatic heterocycles. The van der Waals surface area contributed by atoms with E-state index in [1.165, 1.54) is 6.08 Å². The lowest BCUT2D eigenvalue weighted by molar-refractivity contribution is -0.111. The van der Waals surface area contributed by atoms with Gasteiger partial charge in [0.05, 0.1) is 12.2 Å². The van der Waals surface area contributed by atoms with Crippen LogP contribution in [0.3, 0.4) is 0 Å². The minimum atomic E-state index is -0.530. The van der Waals surface area contributed by atoms with Crippen molar-refractivity contribution in [2.24, 2.45) is 5.73 Å². The van der Waals surface area contributed by atoms with Crippen molar-refractivity contribution in [2.45, 2.75) is 13.5 Å². The molecule has 0 aliphatic carbocycles. The molecule has 0 saturated heterocycles. The first-order valence-electron chi connectivity index (χ1n) is 10.6. The highest BCUT2D eigenvalue weighted by molar-refractivity contribution is 6.04. The highest BCUT2D eigenvalue weighted by atomic mass is 16.1. The Balaban J connectivity index is 1.59. The number of benzene rings is 3. The van der Waals surface area contributed by atoms with Gasteiger partial charge in [-0.05, 0) is 36.3 Å². The number of carbonyl (C=O) groups excluding carboxylic acids is 2. The fraction of sp³-hybridized carbons (Fsp3) is 0.0741. The van der Waals surface area contributed by atoms with E-state index in [4.69, 9.17) is 10.8 Å². The van der Waals surface area contributed by atoms with Gasteiger partial charge in [0.25, 0.3) is 0 Å². The molecule has 0 radical (unpaired) electrons. The van der Waals surface area contributed by atoms with Crippen LogP contribution in [0.1, 0.15) is 27.0 Å². The van der Waals surface area contributed by atoms with Gasteiger partial charge < -0.3 is 11.1 Å². The number of hydrogen-bond acceptors (Lipinski definition) is 3. The Bertz CT molecular complexity index is 1310. The summed E-state index contributed by atoms with van der Waals surface area (Å²) < 4.78 is 1.87. The molecular weight excluding hydrogens is 412 g/mol. The van der Waals surface area contributed by atoms with Crippen LogP contribution in [0, 0.1) is 6.92 Å². The van der Waals surface area contributed by atoms with Crippen molar-refractivity contribution in [3.63, 3.8) is 0 Å². The van der Waals surface area contributed by atoms with Gasteiger partial charge in [-0.3, -0.25) is 14.3 Å². The van der Waals surface area contributed by atoms with Gasteiger partial charge >= 0.3 is 0 Å². The van der Waals surface area contributed by atoms with Crippen LogP contribution in [0.25, 0.3) is 17.3 Å². The van der Waals surface area contributed by atoms with Crippen LogP contribution in [0.2, 0.25) is 0 Å². The average Bonchev–Trinajstić information content (AvgIpc) is 3.22. The van der Waals surface area contributed by atoms with Gasteiger partial charge in [0.15, 0.2) is 0 Å². The standard InChI is InChI=1S/C27H24N4O2/c1-19-23(27(28)33)13-8-14-24(19)29-25(32)16-15-22-18-31(17-20-9-4-2-5-10-20)30-26(22)21-11-6-3-7-12-21/h2-16,18H,17H2,1H3,(H2,28,33)(H,29,32)/b16-15+. The zero-order valence-corrected chi connectivity index (χ0v) is 18.2. The van der Waals surface area contributed by atoms with Crippen molar-refractivity contribution in [2.75, 3.05) is 5.32 Å². The SMILES string of the molecule is Cc1c(NC(=O)/C=C/c2cn(Cc3ccccc3)nc2-c2ccccc2)cccc1C(N)=O. The third-order valence-corrected chi connectivity index (χ3v) is 5.30. The zero-order valence-electron chi connectivity index (χ0n) is 18.2. The van der Waals surface area contributed by atoms with E-state index in [1.807, 2.05) is 59.4 Å². The number of primary amides is 1. The Kier molecular flexibility index (Phi) is 6.45. The third kappa shape index (κ3) is 5.25. The number of hydrogen-bond donors (Lipinski definition) is 2. The Morgan fingerprint density at radius 1 is 0.970 bits per heavy atom. The molecule has 0 saturated carbocycles. The molecule has 0 aliphatic rings. The lowest BCUT2D eigenvalue weighted by atomic mass is 10.1. The normalized spacial score (nSPS) is 10.9. The molecule has 33 heavy (non-hydrogen) atoms. The second-order valence-electron chi connectivity index (χ2n) is 7.65. The molecule has 4 rings (SSSR count). The van der Waals surface area contributed by atoms with E-state index in [-0.39, 0.29) is 5.91 Å². The van der Waals surface area contributed by atoms with Gasteiger partial charge in [0.1, 0.15) is 0 Å². The fourth-order valence-electron chi connectivity index (χ4n) is 3.61. The molecular formula is C27H24N4O2. The third-order valence-electron chi connectivity index (χ3n) is 5.30. The smallest absolute Gasteiger partial charge is 0.249 e. The van der Waals surface area contributed by atoms with E-state index in [1.54, 1.807) is 31.2 Å². The molecule has 4 aromatic rings. The van der Waals surface area contributed by atoms with Crippen molar-refractivity contribution in [1.82, 2.24) is 9.78 Å². The number of carbonyl (C=O) groups is 2. The van der Waals surface area contributed by atoms with E-state index in [0.717, 1.165) is 22.4 Å². The topological polar surface area (TPSA) is 90.0 Å². The molecule has 0 spiro atoms. The number of rotatable bonds is 7. The average molecular weight is 437 g/mol. The summed E-state index contributed by atoms with van der Waals surface area (Å²) in [6.07, 6.45) is 5.14. The molecule has 1 heterocycles. The Morgan fingerprint density at radius 2 is 1.67 bits per heavy atom. The molecule has 1 aromatic heterocycles. The van der Waals surface area contributed by atoms with E-state index in [2.05, 4.69) is 17.4 Å². The minimum absolute atomic E-state index is 0.311. The molecule has 6 nitrogen and oxygen atoms in total. The first-order valence-corrected chi connectivity index (χ1v) is 10.6. The van der Waals surface area contributed by atoms with E-state index in [0.29, 0.717) is 23.4 Å². The molecule has 164 valence electrons. The largest absolute Gasteiger partial charge is 0.366 e. The number of amides is 2. The van der Waals surface area contributed by atoms with Gasteiger partial charge in [-0.25, -0.2) is 0 Å². The van der Waals surface area contributed by atoms with Crippen LogP contribution in [0.15, 0.2) is 91.1 Å². The van der Waals surface area contributed by atoms with Crippen LogP contribution in [-0.4, -0.2) is 21.6 Å². The summed E-state index contributed by atoms with van der Waals surface area (Å²) in [7, 11) is 0. The van der Waals surface area contributed by atoms with Crippen LogP contribution >= 0.6 is 0 Å². The van der Waals surface area contributed by atoms with Gasteiger partial charge in [-0.1, -0.05) is 66.7 Å². The lowest BCUT2D eigenvalue weighted by Crippen LogP contribution is -2.15. The van der Waals surface area contributed by atoms with Gasteiger partial charge in [0, 0.05) is 34.7 Å². The first kappa shape index (κ1) is 21.8. The molecule has 0 atom stereocenters. The van der Waals surface area contributed by atoms with Gasteiger partial charge in [0.2, 0.25) is 11.8 Å². The Morgan fingerprint density at radius 3 is 2.36 bits per heavy atom. The second-order valence-corrected chi connectivity index (χ2v) is 7.65. The molecule has 3 N–H and O–H groups in total. The summed E-state index contributed by atoms with van der Waals surface area (Å²) in [5.74, 6) is -0.841. The molecule has 0 bridgehead atoms. The first-order chi connectivity index (χ1) is 16.0. The van der Waals surface area contributed by atoms with Crippen molar-refractivity contribution >= 4 is 23.6 Å². The quantitative estimate of drug-likeness (QED) is 0.413. The number of anilines is 1. The molecule has 3 aromatic carbocycles. The predicted octanol–water partition coefficient (Wildman–Crippen LogP) is 4.66. The number of nitrogens with one attached hydrogen (secondary N) is 1. The number of nitrogens with zero attached hydrogens (tertiary/aromatic N) is 2. The van der Waals surface area contributed by atoms with Crippen LogP contribution in [0.5, 0.6) is 0 Å². The van der Waals surface area contributed by atoms with Gasteiger partial charge in [-0.2, -0.15) is 5.10 Å². The molecule has 0 unspecified atom stereocenters. The maximum Gasteiger partial charge on any atom is 0.249 e. The number of aromatic nitrogens is 2. The van der Waals surface area contributed by atoms with Crippen molar-refractivity contribution in [3.8, 4) is 11.3 Å². The van der Waals surface area contributed by atoms with Crippen molar-refractivity contribution < 1.29 is 9.59 Å². The Hall–Kier alpha value is -4.45. The summed E-state index contributed by atoms with van der Waals surface area (Å²) >= 11 is 0. The summed E-state index contributed by atoms with van der Waals surface area (Å²) in [5.41, 5.74) is 10.7. The van der Waals surface area contributed by atoms with Gasteiger partial charge in [-0.15, -0.1) is 0 Å². The minimum Gasteiger partial charge on any atom is -0.366 e. The zero-order chi connectivity index (χ0) is 23.2. The molecule has 0 fully saturated rings. The van der Waals surface area contributed by atoms with Crippen molar-refractivity contribution in [1.29, 1.82) is 0 Å². The highest BCUT2D eigenvalue weighted by Gasteiger charge is 2.12. The summed E-state index contributed by atoms with van der Waals surface area (Å²) in [6, 6.07) is 25.0. The van der Waals surface area contributed by atoms with E-state index in [9.17, 15) is 9.59 Å². The molecule has 2 amide bonds. The monoisotopic (exact) mass is 436 g/mol. The number of nitrogens with two attached hydrogens (primary N) is 1. The second kappa shape index (κ2) is 9.78. The maximum absolute atomic E-state index is 12.6. The predicted molar refractivity (Wildman–Crippen MR) is 131 cm³/mol. The summed E-state index contributed by atoms with van der Waals surface area (Å²) in [6.45, 7) is 2.38. The highest BCUT2D eigenvalue weighted by Crippen LogP contribution is 2.24. The lowest BCUT2D eigenvalue weighted by Gasteiger charge is -2.09. The van der Waals surface area contributed by atoms with Crippen molar-refractivity contribution in [3.05, 3.63) is 113 Å². The summed E-state index contributed by atoms with van der Waals surface area (Å²) in [5, 5.41) is 7.59. The van der Waals surface area contributed by atoms with Crippen LogP contribution in [-0.2, 0) is 11.3 Å². The summed E-state index contributed by atoms with van der Waals surface area (Å²) in [4.78, 5) is 24.2. The van der Waals surface area contributed by atoms with E-state index >= 15 is 0 Å². The Labute approximate surface area is 192 Å². The van der Waals surface area contributed by atoms with Crippen LogP contribution < -0.4 is 11.1 Å². The van der Waals surface area contributed by atoms with Crippen LogP contribution in [0.4, 0.5) is 5.69 Å².